The largest absolute Gasteiger partial charge is 0.470 e. The number of fused-ring (bicyclic) bond motifs is 1. The quantitative estimate of drug-likeness (QED) is 0.730. The Morgan fingerprint density at radius 2 is 2.03 bits per heavy atom. The number of hydrogen-bond donors (Lipinski definition) is 1. The number of ether oxygens (including phenoxy) is 1. The Kier molecular flexibility index (Phi) is 5.16. The number of pyridine rings is 1. The molecule has 1 saturated heterocycles. The first kappa shape index (κ1) is 18.9. The Hall–Kier alpha value is -3.42. The summed E-state index contributed by atoms with van der Waals surface area (Å²) in [4.78, 5) is 40.2. The molecule has 8 nitrogen and oxygen atoms in total. The molecule has 1 amide bonds. The maximum atomic E-state index is 13.2. The second kappa shape index (κ2) is 7.90. The van der Waals surface area contributed by atoms with Crippen LogP contribution in [-0.4, -0.2) is 59.0 Å². The maximum Gasteiger partial charge on any atom is 0.257 e. The number of aromatic nitrogens is 3. The van der Waals surface area contributed by atoms with Gasteiger partial charge in [-0.25, -0.2) is 9.97 Å². The lowest BCUT2D eigenvalue weighted by molar-refractivity contribution is 0.0530. The van der Waals surface area contributed by atoms with Crippen molar-refractivity contribution in [3.05, 3.63) is 58.6 Å². The number of aromatic amines is 1. The Morgan fingerprint density at radius 3 is 2.86 bits per heavy atom. The SMILES string of the molecule is CN(C)c1nccnc1OC1CCCN(C(=O)c2cc(=O)[nH]c3ccccc23)C1. The zero-order valence-corrected chi connectivity index (χ0v) is 16.5. The predicted octanol–water partition coefficient (Wildman–Crippen LogP) is 2.07. The van der Waals surface area contributed by atoms with Crippen molar-refractivity contribution in [2.45, 2.75) is 18.9 Å². The van der Waals surface area contributed by atoms with E-state index in [0.717, 1.165) is 18.2 Å². The number of para-hydroxylation sites is 1. The molecule has 1 atom stereocenters. The van der Waals surface area contributed by atoms with E-state index in [9.17, 15) is 9.59 Å². The van der Waals surface area contributed by atoms with Gasteiger partial charge in [-0.05, 0) is 18.9 Å². The molecule has 29 heavy (non-hydrogen) atoms. The van der Waals surface area contributed by atoms with Crippen LogP contribution in [0.3, 0.4) is 0 Å². The minimum absolute atomic E-state index is 0.160. The standard InChI is InChI=1S/C21H23N5O3/c1-25(2)19-20(23-10-9-22-19)29-14-6-5-11-26(13-14)21(28)16-12-18(27)24-17-8-4-3-7-15(16)17/h3-4,7-10,12,14H,5-6,11,13H2,1-2H3,(H,24,27). The van der Waals surface area contributed by atoms with Crippen molar-refractivity contribution >= 4 is 22.6 Å². The van der Waals surface area contributed by atoms with E-state index in [4.69, 9.17) is 4.74 Å². The van der Waals surface area contributed by atoms with Crippen LogP contribution in [-0.2, 0) is 0 Å². The summed E-state index contributed by atoms with van der Waals surface area (Å²) in [6, 6.07) is 8.71. The molecule has 1 aromatic carbocycles. The zero-order valence-electron chi connectivity index (χ0n) is 16.5. The number of hydrogen-bond acceptors (Lipinski definition) is 6. The number of piperidine rings is 1. The van der Waals surface area contributed by atoms with Gasteiger partial charge in [0.1, 0.15) is 6.10 Å². The van der Waals surface area contributed by atoms with Crippen LogP contribution in [0.2, 0.25) is 0 Å². The number of benzene rings is 1. The van der Waals surface area contributed by atoms with Crippen LogP contribution in [0.25, 0.3) is 10.9 Å². The van der Waals surface area contributed by atoms with Crippen molar-refractivity contribution in [2.75, 3.05) is 32.1 Å². The van der Waals surface area contributed by atoms with Gasteiger partial charge >= 0.3 is 0 Å². The summed E-state index contributed by atoms with van der Waals surface area (Å²) in [6.45, 7) is 1.06. The summed E-state index contributed by atoms with van der Waals surface area (Å²) in [7, 11) is 3.76. The lowest BCUT2D eigenvalue weighted by atomic mass is 10.0. The first-order valence-electron chi connectivity index (χ1n) is 9.59. The molecule has 150 valence electrons. The number of nitrogens with zero attached hydrogens (tertiary/aromatic N) is 4. The van der Waals surface area contributed by atoms with Gasteiger partial charge < -0.3 is 19.5 Å². The zero-order chi connectivity index (χ0) is 20.4. The molecular formula is C21H23N5O3. The molecule has 0 spiro atoms. The van der Waals surface area contributed by atoms with Gasteiger partial charge in [-0.15, -0.1) is 0 Å². The number of rotatable bonds is 4. The van der Waals surface area contributed by atoms with Crippen LogP contribution >= 0.6 is 0 Å². The van der Waals surface area contributed by atoms with E-state index < -0.39 is 0 Å². The molecule has 0 bridgehead atoms. The van der Waals surface area contributed by atoms with E-state index >= 15 is 0 Å². The lowest BCUT2D eigenvalue weighted by Crippen LogP contribution is -2.44. The molecule has 1 aliphatic heterocycles. The molecule has 1 unspecified atom stereocenters. The number of likely N-dealkylation sites (tertiary alicyclic amines) is 1. The fraction of sp³-hybridized carbons (Fsp3) is 0.333. The molecule has 2 aromatic heterocycles. The highest BCUT2D eigenvalue weighted by Gasteiger charge is 2.28. The Balaban J connectivity index is 1.57. The second-order valence-corrected chi connectivity index (χ2v) is 7.31. The third-order valence-electron chi connectivity index (χ3n) is 4.99. The summed E-state index contributed by atoms with van der Waals surface area (Å²) in [6.07, 6.45) is 4.67. The van der Waals surface area contributed by atoms with E-state index in [1.807, 2.05) is 37.2 Å². The summed E-state index contributed by atoms with van der Waals surface area (Å²) in [5.74, 6) is 0.947. The van der Waals surface area contributed by atoms with Gasteiger partial charge in [-0.2, -0.15) is 0 Å². The molecule has 0 saturated carbocycles. The Labute approximate surface area is 168 Å². The Morgan fingerprint density at radius 1 is 1.24 bits per heavy atom. The highest BCUT2D eigenvalue weighted by atomic mass is 16.5. The number of nitrogens with one attached hydrogen (secondary N) is 1. The van der Waals surface area contributed by atoms with Crippen molar-refractivity contribution < 1.29 is 9.53 Å². The third kappa shape index (κ3) is 3.91. The van der Waals surface area contributed by atoms with Crippen molar-refractivity contribution in [1.29, 1.82) is 0 Å². The van der Waals surface area contributed by atoms with Crippen LogP contribution in [0.15, 0.2) is 47.5 Å². The number of amides is 1. The Bertz CT molecular complexity index is 1090. The van der Waals surface area contributed by atoms with Crippen LogP contribution < -0.4 is 15.2 Å². The first-order valence-corrected chi connectivity index (χ1v) is 9.59. The molecule has 0 aliphatic carbocycles. The molecule has 1 fully saturated rings. The molecule has 1 N–H and O–H groups in total. The normalized spacial score (nSPS) is 16.6. The maximum absolute atomic E-state index is 13.2. The van der Waals surface area contributed by atoms with Gasteiger partial charge in [-0.3, -0.25) is 9.59 Å². The van der Waals surface area contributed by atoms with Gasteiger partial charge in [0.05, 0.1) is 12.1 Å². The van der Waals surface area contributed by atoms with E-state index in [1.165, 1.54) is 6.07 Å². The van der Waals surface area contributed by atoms with Crippen molar-refractivity contribution in [3.8, 4) is 5.88 Å². The second-order valence-electron chi connectivity index (χ2n) is 7.31. The average molecular weight is 393 g/mol. The van der Waals surface area contributed by atoms with Gasteiger partial charge in [-0.1, -0.05) is 18.2 Å². The molecular weight excluding hydrogens is 370 g/mol. The third-order valence-corrected chi connectivity index (χ3v) is 4.99. The van der Waals surface area contributed by atoms with Crippen molar-refractivity contribution in [1.82, 2.24) is 19.9 Å². The minimum atomic E-state index is -0.285. The monoisotopic (exact) mass is 393 g/mol. The van der Waals surface area contributed by atoms with Crippen LogP contribution in [0, 0.1) is 0 Å². The minimum Gasteiger partial charge on any atom is -0.470 e. The summed E-state index contributed by atoms with van der Waals surface area (Å²) in [5.41, 5.74) is 0.786. The van der Waals surface area contributed by atoms with E-state index in [1.54, 1.807) is 23.4 Å². The van der Waals surface area contributed by atoms with E-state index in [0.29, 0.717) is 35.9 Å². The fourth-order valence-corrected chi connectivity index (χ4v) is 3.64. The van der Waals surface area contributed by atoms with Gasteiger partial charge in [0, 0.05) is 50.0 Å². The molecule has 3 aromatic rings. The van der Waals surface area contributed by atoms with Gasteiger partial charge in [0.2, 0.25) is 5.56 Å². The number of carbonyl (C=O) groups is 1. The van der Waals surface area contributed by atoms with Gasteiger partial charge in [0.25, 0.3) is 11.8 Å². The number of anilines is 1. The summed E-state index contributed by atoms with van der Waals surface area (Å²) in [5, 5.41) is 0.740. The van der Waals surface area contributed by atoms with Crippen molar-refractivity contribution in [2.24, 2.45) is 0 Å². The summed E-state index contributed by atoms with van der Waals surface area (Å²) >= 11 is 0. The molecule has 0 radical (unpaired) electrons. The molecule has 3 heterocycles. The molecule has 1 aliphatic rings. The van der Waals surface area contributed by atoms with E-state index in [2.05, 4.69) is 15.0 Å². The van der Waals surface area contributed by atoms with E-state index in [-0.39, 0.29) is 17.6 Å². The fourth-order valence-electron chi connectivity index (χ4n) is 3.64. The lowest BCUT2D eigenvalue weighted by Gasteiger charge is -2.33. The molecule has 8 heteroatoms. The molecule has 4 rings (SSSR count). The smallest absolute Gasteiger partial charge is 0.257 e. The summed E-state index contributed by atoms with van der Waals surface area (Å²) < 4.78 is 6.10. The number of carbonyl (C=O) groups excluding carboxylic acids is 1. The first-order chi connectivity index (χ1) is 14.0. The highest BCUT2D eigenvalue weighted by molar-refractivity contribution is 6.06. The van der Waals surface area contributed by atoms with Crippen LogP contribution in [0.5, 0.6) is 5.88 Å². The average Bonchev–Trinajstić information content (AvgIpc) is 2.73. The van der Waals surface area contributed by atoms with Gasteiger partial charge in [0.15, 0.2) is 5.82 Å². The topological polar surface area (TPSA) is 91.4 Å². The highest BCUT2D eigenvalue weighted by Crippen LogP contribution is 2.25. The van der Waals surface area contributed by atoms with Crippen molar-refractivity contribution in [3.63, 3.8) is 0 Å². The van der Waals surface area contributed by atoms with Crippen LogP contribution in [0.1, 0.15) is 23.2 Å². The predicted molar refractivity (Wildman–Crippen MR) is 110 cm³/mol. The number of H-pyrrole nitrogens is 1. The van der Waals surface area contributed by atoms with Crippen LogP contribution in [0.4, 0.5) is 5.82 Å².